The summed E-state index contributed by atoms with van der Waals surface area (Å²) in [4.78, 5) is 35.0. The number of amides is 2. The number of hydrogen-bond acceptors (Lipinski definition) is 7. The van der Waals surface area contributed by atoms with Crippen LogP contribution in [0.2, 0.25) is 0 Å². The van der Waals surface area contributed by atoms with Gasteiger partial charge in [0, 0.05) is 41.8 Å². The number of nitrogens with one attached hydrogen (secondary N) is 1. The van der Waals surface area contributed by atoms with Gasteiger partial charge in [0.05, 0.1) is 12.2 Å². The minimum atomic E-state index is -3.80. The van der Waals surface area contributed by atoms with E-state index in [0.29, 0.717) is 24.4 Å². The zero-order valence-electron chi connectivity index (χ0n) is 22.5. The first kappa shape index (κ1) is 28.3. The van der Waals surface area contributed by atoms with E-state index >= 15 is 0 Å². The summed E-state index contributed by atoms with van der Waals surface area (Å²) in [6.45, 7) is 3.13. The second-order valence-corrected chi connectivity index (χ2v) is 14.3. The normalized spacial score (nSPS) is 25.5. The molecule has 2 aliphatic heterocycles. The lowest BCUT2D eigenvalue weighted by Gasteiger charge is -2.32. The Balaban J connectivity index is 1.43. The van der Waals surface area contributed by atoms with Gasteiger partial charge < -0.3 is 9.64 Å². The molecular formula is C29H38N2O6S2. The van der Waals surface area contributed by atoms with E-state index in [1.807, 2.05) is 24.3 Å². The molecule has 0 bridgehead atoms. The molecule has 3 heterocycles. The van der Waals surface area contributed by atoms with Gasteiger partial charge in [0.15, 0.2) is 16.1 Å². The summed E-state index contributed by atoms with van der Waals surface area (Å²) in [6, 6.07) is 12.0. The standard InChI is InChI=1S/C29H38N2O6S2/c1-2-21-9-11-22(12-10-21)24-13-14-25(38-24)29(20-26(32)30-37-27-8-3-4-18-36-27)15-16-31(17-19-39(29,34)35)28(33)23-6-5-7-23/h9-14,23,27H,2-8,15-20H2,1H3,(H,30,32)/t27?,29-/m0/s1. The highest BCUT2D eigenvalue weighted by molar-refractivity contribution is 7.92. The molecule has 5 rings (SSSR count). The van der Waals surface area contributed by atoms with Gasteiger partial charge in [-0.15, -0.1) is 11.3 Å². The van der Waals surface area contributed by atoms with Gasteiger partial charge in [0.1, 0.15) is 4.75 Å². The number of aryl methyl sites for hydroxylation is 1. The Bertz CT molecular complexity index is 1260. The number of rotatable bonds is 8. The molecule has 2 saturated heterocycles. The zero-order valence-corrected chi connectivity index (χ0v) is 24.2. The quantitative estimate of drug-likeness (QED) is 0.463. The van der Waals surface area contributed by atoms with Crippen molar-refractivity contribution < 1.29 is 27.6 Å². The Morgan fingerprint density at radius 2 is 1.87 bits per heavy atom. The van der Waals surface area contributed by atoms with Crippen molar-refractivity contribution >= 4 is 33.0 Å². The second kappa shape index (κ2) is 12.1. The van der Waals surface area contributed by atoms with Gasteiger partial charge in [-0.05, 0) is 61.8 Å². The molecule has 0 radical (unpaired) electrons. The number of hydrogen-bond donors (Lipinski definition) is 1. The Hall–Kier alpha value is -2.27. The fraction of sp³-hybridized carbons (Fsp3) is 0.586. The van der Waals surface area contributed by atoms with Crippen LogP contribution in [-0.4, -0.2) is 56.9 Å². The molecule has 212 valence electrons. The third kappa shape index (κ3) is 6.09. The van der Waals surface area contributed by atoms with Gasteiger partial charge in [-0.25, -0.2) is 18.7 Å². The van der Waals surface area contributed by atoms with Crippen LogP contribution in [0, 0.1) is 5.92 Å². The van der Waals surface area contributed by atoms with Crippen molar-refractivity contribution in [1.82, 2.24) is 10.4 Å². The average Bonchev–Trinajstić information content (AvgIpc) is 3.36. The molecule has 2 aromatic rings. The molecule has 3 fully saturated rings. The van der Waals surface area contributed by atoms with Gasteiger partial charge >= 0.3 is 0 Å². The molecule has 1 unspecified atom stereocenters. The number of thiophene rings is 1. The predicted molar refractivity (Wildman–Crippen MR) is 151 cm³/mol. The third-order valence-electron chi connectivity index (χ3n) is 8.37. The number of nitrogens with zero attached hydrogens (tertiary/aromatic N) is 1. The van der Waals surface area contributed by atoms with E-state index in [0.717, 1.165) is 49.0 Å². The lowest BCUT2D eigenvalue weighted by molar-refractivity contribution is -0.200. The molecule has 10 heteroatoms. The smallest absolute Gasteiger partial charge is 0.245 e. The van der Waals surface area contributed by atoms with Crippen molar-refractivity contribution in [3.05, 3.63) is 46.8 Å². The first-order chi connectivity index (χ1) is 18.8. The predicted octanol–water partition coefficient (Wildman–Crippen LogP) is 4.58. The van der Waals surface area contributed by atoms with Crippen LogP contribution in [0.5, 0.6) is 0 Å². The molecule has 8 nitrogen and oxygen atoms in total. The molecule has 3 aliphatic rings. The minimum Gasteiger partial charge on any atom is -0.350 e. The Kier molecular flexibility index (Phi) is 8.75. The van der Waals surface area contributed by atoms with Crippen LogP contribution in [0.3, 0.4) is 0 Å². The number of carbonyl (C=O) groups excluding carboxylic acids is 2. The second-order valence-electron chi connectivity index (χ2n) is 10.8. The fourth-order valence-corrected chi connectivity index (χ4v) is 9.19. The number of ether oxygens (including phenoxy) is 1. The Labute approximate surface area is 234 Å². The summed E-state index contributed by atoms with van der Waals surface area (Å²) in [6.07, 6.45) is 5.63. The number of hydroxylamine groups is 1. The zero-order chi connectivity index (χ0) is 27.5. The Morgan fingerprint density at radius 3 is 2.54 bits per heavy atom. The van der Waals surface area contributed by atoms with Crippen LogP contribution in [0.1, 0.15) is 68.7 Å². The number of sulfone groups is 1. The lowest BCUT2D eigenvalue weighted by atomic mass is 9.84. The van der Waals surface area contributed by atoms with Crippen molar-refractivity contribution in [2.75, 3.05) is 25.4 Å². The maximum absolute atomic E-state index is 14.0. The lowest BCUT2D eigenvalue weighted by Crippen LogP contribution is -2.43. The summed E-state index contributed by atoms with van der Waals surface area (Å²) in [5.41, 5.74) is 4.71. The maximum atomic E-state index is 14.0. The molecule has 0 spiro atoms. The van der Waals surface area contributed by atoms with Crippen LogP contribution in [-0.2, 0) is 40.2 Å². The van der Waals surface area contributed by atoms with Gasteiger partial charge in [0.2, 0.25) is 11.8 Å². The topological polar surface area (TPSA) is 102 Å². The van der Waals surface area contributed by atoms with E-state index in [1.165, 1.54) is 16.9 Å². The van der Waals surface area contributed by atoms with Gasteiger partial charge in [-0.1, -0.05) is 37.6 Å². The minimum absolute atomic E-state index is 0.00757. The van der Waals surface area contributed by atoms with Crippen molar-refractivity contribution in [2.24, 2.45) is 5.92 Å². The first-order valence-corrected chi connectivity index (χ1v) is 16.5. The molecule has 1 aromatic carbocycles. The molecule has 39 heavy (non-hydrogen) atoms. The molecule has 1 aromatic heterocycles. The van der Waals surface area contributed by atoms with E-state index in [1.54, 1.807) is 4.90 Å². The molecule has 1 aliphatic carbocycles. The number of carbonyl (C=O) groups is 2. The van der Waals surface area contributed by atoms with E-state index in [9.17, 15) is 18.0 Å². The van der Waals surface area contributed by atoms with Crippen molar-refractivity contribution in [2.45, 2.75) is 75.7 Å². The number of benzene rings is 1. The van der Waals surface area contributed by atoms with Crippen LogP contribution >= 0.6 is 11.3 Å². The van der Waals surface area contributed by atoms with E-state index in [-0.39, 0.29) is 37.0 Å². The average molecular weight is 575 g/mol. The van der Waals surface area contributed by atoms with Crippen LogP contribution in [0.15, 0.2) is 36.4 Å². The van der Waals surface area contributed by atoms with Crippen LogP contribution in [0.25, 0.3) is 10.4 Å². The van der Waals surface area contributed by atoms with Crippen LogP contribution in [0.4, 0.5) is 0 Å². The summed E-state index contributed by atoms with van der Waals surface area (Å²) < 4.78 is 32.2. The summed E-state index contributed by atoms with van der Waals surface area (Å²) >= 11 is 1.41. The van der Waals surface area contributed by atoms with E-state index in [2.05, 4.69) is 24.5 Å². The van der Waals surface area contributed by atoms with Gasteiger partial charge in [0.25, 0.3) is 0 Å². The van der Waals surface area contributed by atoms with Crippen molar-refractivity contribution in [3.8, 4) is 10.4 Å². The van der Waals surface area contributed by atoms with Crippen molar-refractivity contribution in [3.63, 3.8) is 0 Å². The SMILES string of the molecule is CCc1ccc(-c2ccc([C@@]3(CC(=O)NOC4CCCCO4)CCN(C(=O)C4CCC4)CCS3(=O)=O)s2)cc1. The molecule has 1 N–H and O–H groups in total. The highest BCUT2D eigenvalue weighted by atomic mass is 32.2. The highest BCUT2D eigenvalue weighted by Crippen LogP contribution is 2.45. The maximum Gasteiger partial charge on any atom is 0.245 e. The monoisotopic (exact) mass is 574 g/mol. The molecule has 1 saturated carbocycles. The first-order valence-electron chi connectivity index (χ1n) is 14.1. The van der Waals surface area contributed by atoms with E-state index < -0.39 is 26.8 Å². The molecule has 2 atom stereocenters. The highest BCUT2D eigenvalue weighted by Gasteiger charge is 2.50. The Morgan fingerprint density at radius 1 is 1.08 bits per heavy atom. The van der Waals surface area contributed by atoms with E-state index in [4.69, 9.17) is 9.57 Å². The van der Waals surface area contributed by atoms with Gasteiger partial charge in [-0.2, -0.15) is 0 Å². The molecule has 2 amide bonds. The summed E-state index contributed by atoms with van der Waals surface area (Å²) in [5, 5.41) is 0. The third-order valence-corrected chi connectivity index (χ3v) is 12.3. The summed E-state index contributed by atoms with van der Waals surface area (Å²) in [5.74, 6) is -0.651. The fourth-order valence-electron chi connectivity index (χ4n) is 5.58. The molecular weight excluding hydrogens is 536 g/mol. The largest absolute Gasteiger partial charge is 0.350 e. The van der Waals surface area contributed by atoms with Crippen LogP contribution < -0.4 is 5.48 Å². The van der Waals surface area contributed by atoms with Gasteiger partial charge in [-0.3, -0.25) is 9.59 Å². The van der Waals surface area contributed by atoms with Crippen molar-refractivity contribution in [1.29, 1.82) is 0 Å². The summed E-state index contributed by atoms with van der Waals surface area (Å²) in [7, 11) is -3.80.